The Morgan fingerprint density at radius 3 is 2.60 bits per heavy atom. The van der Waals surface area contributed by atoms with Gasteiger partial charge in [0, 0.05) is 32.1 Å². The van der Waals surface area contributed by atoms with Crippen LogP contribution in [0.2, 0.25) is 0 Å². The first-order valence-corrected chi connectivity index (χ1v) is 10.9. The van der Waals surface area contributed by atoms with E-state index in [0.29, 0.717) is 12.0 Å². The molecule has 0 amide bonds. The number of hydrogen-bond acceptors (Lipinski definition) is 4. The Kier molecular flexibility index (Phi) is 6.62. The number of aliphatic imine (C=N–C) groups is 1. The number of aromatic nitrogens is 3. The molecule has 2 N–H and O–H groups in total. The molecule has 1 aliphatic heterocycles. The number of aryl methyl sites for hydroxylation is 1. The number of nitrogens with two attached hydrogens (primary N) is 1. The molecule has 25 heavy (non-hydrogen) atoms. The van der Waals surface area contributed by atoms with Gasteiger partial charge in [0.15, 0.2) is 11.1 Å². The zero-order chi connectivity index (χ0) is 17.6. The van der Waals surface area contributed by atoms with Crippen LogP contribution >= 0.6 is 11.8 Å². The monoisotopic (exact) mass is 364 g/mol. The van der Waals surface area contributed by atoms with Crippen LogP contribution in [-0.4, -0.2) is 51.5 Å². The highest BCUT2D eigenvalue weighted by Gasteiger charge is 2.23. The van der Waals surface area contributed by atoms with E-state index in [-0.39, 0.29) is 0 Å². The van der Waals surface area contributed by atoms with Crippen LogP contribution in [0.15, 0.2) is 10.1 Å². The molecule has 1 saturated carbocycles. The smallest absolute Gasteiger partial charge is 0.191 e. The molecular weight excluding hydrogens is 332 g/mol. The fraction of sp³-hybridized carbons (Fsp3) is 0.833. The fourth-order valence-corrected chi connectivity index (χ4v) is 4.49. The van der Waals surface area contributed by atoms with Crippen molar-refractivity contribution >= 4 is 17.7 Å². The Bertz CT molecular complexity index is 570. The van der Waals surface area contributed by atoms with Crippen LogP contribution in [0.1, 0.15) is 63.7 Å². The van der Waals surface area contributed by atoms with E-state index in [2.05, 4.69) is 37.8 Å². The van der Waals surface area contributed by atoms with Crippen LogP contribution in [0.3, 0.4) is 0 Å². The number of likely N-dealkylation sites (tertiary alicyclic amines) is 1. The van der Waals surface area contributed by atoms with Crippen LogP contribution in [0.4, 0.5) is 0 Å². The Morgan fingerprint density at radius 2 is 1.92 bits per heavy atom. The van der Waals surface area contributed by atoms with Crippen LogP contribution in [-0.2, 0) is 6.42 Å². The maximum Gasteiger partial charge on any atom is 0.191 e. The Balaban J connectivity index is 1.52. The molecule has 7 heteroatoms. The molecule has 2 heterocycles. The molecule has 0 unspecified atom stereocenters. The average Bonchev–Trinajstić information content (AvgIpc) is 3.28. The maximum absolute atomic E-state index is 6.17. The lowest BCUT2D eigenvalue weighted by Gasteiger charge is -2.31. The zero-order valence-corrected chi connectivity index (χ0v) is 16.5. The van der Waals surface area contributed by atoms with Gasteiger partial charge in [-0.2, -0.15) is 0 Å². The second-order valence-electron chi connectivity index (χ2n) is 7.42. The highest BCUT2D eigenvalue weighted by molar-refractivity contribution is 7.98. The van der Waals surface area contributed by atoms with E-state index in [1.54, 1.807) is 11.8 Å². The average molecular weight is 365 g/mol. The van der Waals surface area contributed by atoms with Gasteiger partial charge in [0.25, 0.3) is 0 Å². The third-order valence-corrected chi connectivity index (χ3v) is 6.19. The topological polar surface area (TPSA) is 72.3 Å². The van der Waals surface area contributed by atoms with Crippen molar-refractivity contribution < 1.29 is 0 Å². The molecule has 0 atom stereocenters. The Hall–Kier alpha value is -1.24. The van der Waals surface area contributed by atoms with Crippen molar-refractivity contribution in [2.75, 3.05) is 25.9 Å². The summed E-state index contributed by atoms with van der Waals surface area (Å²) in [6, 6.07) is 0.594. The first kappa shape index (κ1) is 18.5. The van der Waals surface area contributed by atoms with Crippen LogP contribution in [0, 0.1) is 5.92 Å². The van der Waals surface area contributed by atoms with E-state index >= 15 is 0 Å². The second kappa shape index (κ2) is 8.92. The quantitative estimate of drug-likeness (QED) is 0.363. The lowest BCUT2D eigenvalue weighted by Crippen LogP contribution is -2.42. The minimum absolute atomic E-state index is 0.594. The molecule has 1 aromatic heterocycles. The van der Waals surface area contributed by atoms with Gasteiger partial charge in [0.2, 0.25) is 0 Å². The number of rotatable bonds is 6. The summed E-state index contributed by atoms with van der Waals surface area (Å²) in [6.07, 6.45) is 11.6. The molecule has 0 aromatic carbocycles. The van der Waals surface area contributed by atoms with Crippen molar-refractivity contribution in [3.8, 4) is 0 Å². The van der Waals surface area contributed by atoms with Gasteiger partial charge >= 0.3 is 0 Å². The Morgan fingerprint density at radius 1 is 1.20 bits per heavy atom. The van der Waals surface area contributed by atoms with E-state index in [0.717, 1.165) is 49.4 Å². The SMILES string of the molecule is CSc1nnc(CCCN=C(N)N2CCC(C)CC2)n1C1CCCC1. The van der Waals surface area contributed by atoms with Gasteiger partial charge in [-0.05, 0) is 44.3 Å². The molecule has 2 aliphatic rings. The maximum atomic E-state index is 6.17. The fourth-order valence-electron chi connectivity index (χ4n) is 3.91. The van der Waals surface area contributed by atoms with Gasteiger partial charge in [-0.15, -0.1) is 10.2 Å². The normalized spacial score (nSPS) is 20.6. The summed E-state index contributed by atoms with van der Waals surface area (Å²) in [5, 5.41) is 9.89. The van der Waals surface area contributed by atoms with Crippen molar-refractivity contribution in [2.45, 2.75) is 69.5 Å². The first-order chi connectivity index (χ1) is 12.2. The Labute approximate surface area is 155 Å². The first-order valence-electron chi connectivity index (χ1n) is 9.71. The van der Waals surface area contributed by atoms with E-state index in [1.165, 1.54) is 38.5 Å². The molecule has 1 saturated heterocycles. The number of nitrogens with zero attached hydrogens (tertiary/aromatic N) is 5. The van der Waals surface area contributed by atoms with E-state index < -0.39 is 0 Å². The molecule has 6 nitrogen and oxygen atoms in total. The number of thioether (sulfide) groups is 1. The molecule has 140 valence electrons. The van der Waals surface area contributed by atoms with Crippen LogP contribution < -0.4 is 5.73 Å². The van der Waals surface area contributed by atoms with Gasteiger partial charge in [0.1, 0.15) is 5.82 Å². The third-order valence-electron chi connectivity index (χ3n) is 5.55. The number of guanidine groups is 1. The van der Waals surface area contributed by atoms with Gasteiger partial charge in [0.05, 0.1) is 0 Å². The van der Waals surface area contributed by atoms with Gasteiger partial charge in [-0.1, -0.05) is 31.5 Å². The molecule has 0 spiro atoms. The molecule has 0 bridgehead atoms. The zero-order valence-electron chi connectivity index (χ0n) is 15.7. The number of piperidine rings is 1. The largest absolute Gasteiger partial charge is 0.370 e. The van der Waals surface area contributed by atoms with E-state index in [1.807, 2.05) is 0 Å². The highest BCUT2D eigenvalue weighted by Crippen LogP contribution is 2.33. The standard InChI is InChI=1S/C18H32N6S/c1-14-9-12-23(13-10-14)17(19)20-11-5-8-16-21-22-18(25-2)24(16)15-6-3-4-7-15/h14-15H,3-13H2,1-2H3,(H2,19,20). The molecule has 1 aliphatic carbocycles. The summed E-state index contributed by atoms with van der Waals surface area (Å²) in [6.45, 7) is 5.17. The van der Waals surface area contributed by atoms with Gasteiger partial charge in [-0.25, -0.2) is 0 Å². The summed E-state index contributed by atoms with van der Waals surface area (Å²) in [5.74, 6) is 2.66. The van der Waals surface area contributed by atoms with Crippen molar-refractivity contribution in [1.29, 1.82) is 0 Å². The van der Waals surface area contributed by atoms with E-state index in [4.69, 9.17) is 5.73 Å². The lowest BCUT2D eigenvalue weighted by molar-refractivity contribution is 0.277. The summed E-state index contributed by atoms with van der Waals surface area (Å²) in [5.41, 5.74) is 6.17. The summed E-state index contributed by atoms with van der Waals surface area (Å²) < 4.78 is 2.39. The molecule has 3 rings (SSSR count). The third kappa shape index (κ3) is 4.68. The minimum atomic E-state index is 0.594. The highest BCUT2D eigenvalue weighted by atomic mass is 32.2. The number of hydrogen-bond donors (Lipinski definition) is 1. The molecular formula is C18H32N6S. The summed E-state index contributed by atoms with van der Waals surface area (Å²) in [4.78, 5) is 6.83. The van der Waals surface area contributed by atoms with E-state index in [9.17, 15) is 0 Å². The predicted molar refractivity (Wildman–Crippen MR) is 104 cm³/mol. The lowest BCUT2D eigenvalue weighted by atomic mass is 10.00. The summed E-state index contributed by atoms with van der Waals surface area (Å²) in [7, 11) is 0. The van der Waals surface area contributed by atoms with Gasteiger partial charge in [-0.3, -0.25) is 4.99 Å². The molecule has 2 fully saturated rings. The van der Waals surface area contributed by atoms with Crippen molar-refractivity contribution in [3.63, 3.8) is 0 Å². The minimum Gasteiger partial charge on any atom is -0.370 e. The summed E-state index contributed by atoms with van der Waals surface area (Å²) >= 11 is 1.70. The van der Waals surface area contributed by atoms with Crippen molar-refractivity contribution in [1.82, 2.24) is 19.7 Å². The van der Waals surface area contributed by atoms with Crippen molar-refractivity contribution in [2.24, 2.45) is 16.6 Å². The molecule has 0 radical (unpaired) electrons. The van der Waals surface area contributed by atoms with Crippen LogP contribution in [0.25, 0.3) is 0 Å². The molecule has 1 aromatic rings. The van der Waals surface area contributed by atoms with Gasteiger partial charge < -0.3 is 15.2 Å². The van der Waals surface area contributed by atoms with Crippen molar-refractivity contribution in [3.05, 3.63) is 5.82 Å². The predicted octanol–water partition coefficient (Wildman–Crippen LogP) is 3.09. The van der Waals surface area contributed by atoms with Crippen LogP contribution in [0.5, 0.6) is 0 Å². The second-order valence-corrected chi connectivity index (χ2v) is 8.20.